The van der Waals surface area contributed by atoms with E-state index in [4.69, 9.17) is 11.6 Å². The van der Waals surface area contributed by atoms with Gasteiger partial charge in [0.1, 0.15) is 11.5 Å². The Labute approximate surface area is 94.8 Å². The van der Waals surface area contributed by atoms with Crippen LogP contribution in [0.5, 0.6) is 0 Å². The molecule has 7 heteroatoms. The van der Waals surface area contributed by atoms with E-state index in [0.29, 0.717) is 5.82 Å². The van der Waals surface area contributed by atoms with Gasteiger partial charge >= 0.3 is 0 Å². The van der Waals surface area contributed by atoms with Gasteiger partial charge in [-0.3, -0.25) is 0 Å². The monoisotopic (exact) mass is 244 g/mol. The van der Waals surface area contributed by atoms with Crippen LogP contribution in [0.4, 0.5) is 8.78 Å². The Morgan fingerprint density at radius 1 is 1.38 bits per heavy atom. The van der Waals surface area contributed by atoms with Crippen LogP contribution in [0.15, 0.2) is 18.2 Å². The van der Waals surface area contributed by atoms with Crippen molar-refractivity contribution in [1.82, 2.24) is 20.2 Å². The lowest BCUT2D eigenvalue weighted by molar-refractivity contribution is 0.569. The molecule has 1 aromatic heterocycles. The summed E-state index contributed by atoms with van der Waals surface area (Å²) in [6.07, 6.45) is 0. The van der Waals surface area contributed by atoms with Crippen LogP contribution in [0, 0.1) is 11.6 Å². The molecule has 0 N–H and O–H groups in total. The van der Waals surface area contributed by atoms with Gasteiger partial charge in [-0.05, 0) is 29.5 Å². The van der Waals surface area contributed by atoms with E-state index in [0.717, 1.165) is 16.8 Å². The number of halogens is 3. The average molecular weight is 245 g/mol. The number of hydrogen-bond acceptors (Lipinski definition) is 3. The minimum Gasteiger partial charge on any atom is -0.207 e. The second-order valence-corrected chi connectivity index (χ2v) is 3.82. The van der Waals surface area contributed by atoms with Crippen LogP contribution in [0.3, 0.4) is 0 Å². The molecule has 1 heterocycles. The van der Waals surface area contributed by atoms with Crippen molar-refractivity contribution in [2.24, 2.45) is 0 Å². The summed E-state index contributed by atoms with van der Waals surface area (Å²) in [7, 11) is 0. The molecular weight excluding hydrogens is 238 g/mol. The van der Waals surface area contributed by atoms with E-state index in [1.54, 1.807) is 6.92 Å². The van der Waals surface area contributed by atoms with E-state index in [9.17, 15) is 8.78 Å². The van der Waals surface area contributed by atoms with Gasteiger partial charge in [-0.25, -0.2) is 8.78 Å². The predicted octanol–water partition coefficient (Wildman–Crippen LogP) is 2.24. The molecule has 0 aliphatic carbocycles. The van der Waals surface area contributed by atoms with Gasteiger partial charge in [0, 0.05) is 6.07 Å². The number of nitrogens with zero attached hydrogens (tertiary/aromatic N) is 4. The van der Waals surface area contributed by atoms with Crippen molar-refractivity contribution in [1.29, 1.82) is 0 Å². The second-order valence-electron chi connectivity index (χ2n) is 3.16. The molecule has 1 unspecified atom stereocenters. The minimum atomic E-state index is -0.745. The van der Waals surface area contributed by atoms with E-state index in [1.165, 1.54) is 6.07 Å². The van der Waals surface area contributed by atoms with Gasteiger partial charge in [-0.2, -0.15) is 4.68 Å². The lowest BCUT2D eigenvalue weighted by atomic mass is 10.3. The maximum absolute atomic E-state index is 13.5. The Hall–Kier alpha value is -1.56. The zero-order chi connectivity index (χ0) is 11.7. The fourth-order valence-corrected chi connectivity index (χ4v) is 1.40. The highest BCUT2D eigenvalue weighted by atomic mass is 35.5. The molecule has 0 amide bonds. The molecule has 2 aromatic rings. The first-order chi connectivity index (χ1) is 7.59. The van der Waals surface area contributed by atoms with Gasteiger partial charge in [-0.1, -0.05) is 0 Å². The van der Waals surface area contributed by atoms with Crippen molar-refractivity contribution in [3.05, 3.63) is 35.7 Å². The number of rotatable bonds is 2. The zero-order valence-electron chi connectivity index (χ0n) is 8.23. The normalized spacial score (nSPS) is 12.8. The molecule has 0 saturated carbocycles. The zero-order valence-corrected chi connectivity index (χ0v) is 8.99. The Morgan fingerprint density at radius 3 is 2.75 bits per heavy atom. The van der Waals surface area contributed by atoms with Crippen LogP contribution >= 0.6 is 11.6 Å². The van der Waals surface area contributed by atoms with Crippen molar-refractivity contribution in [2.45, 2.75) is 12.3 Å². The summed E-state index contributed by atoms with van der Waals surface area (Å²) in [5.74, 6) is -1.10. The molecule has 0 spiro atoms. The second kappa shape index (κ2) is 4.13. The SMILES string of the molecule is CC(Cl)c1nnnn1-c1ccc(F)cc1F. The largest absolute Gasteiger partial charge is 0.207 e. The van der Waals surface area contributed by atoms with E-state index in [1.807, 2.05) is 0 Å². The predicted molar refractivity (Wildman–Crippen MR) is 53.3 cm³/mol. The molecule has 1 atom stereocenters. The van der Waals surface area contributed by atoms with E-state index in [-0.39, 0.29) is 5.69 Å². The summed E-state index contributed by atoms with van der Waals surface area (Å²) >= 11 is 5.82. The van der Waals surface area contributed by atoms with Crippen molar-refractivity contribution in [3.63, 3.8) is 0 Å². The number of tetrazole rings is 1. The molecule has 2 rings (SSSR count). The molecular formula is C9H7ClF2N4. The van der Waals surface area contributed by atoms with Gasteiger partial charge in [0.25, 0.3) is 0 Å². The maximum atomic E-state index is 13.5. The molecule has 0 aliphatic rings. The van der Waals surface area contributed by atoms with Crippen molar-refractivity contribution < 1.29 is 8.78 Å². The van der Waals surface area contributed by atoms with Crippen molar-refractivity contribution >= 4 is 11.6 Å². The maximum Gasteiger partial charge on any atom is 0.174 e. The van der Waals surface area contributed by atoms with Crippen LogP contribution in [0.25, 0.3) is 5.69 Å². The van der Waals surface area contributed by atoms with Gasteiger partial charge in [-0.15, -0.1) is 16.7 Å². The summed E-state index contributed by atoms with van der Waals surface area (Å²) in [6, 6.07) is 3.15. The van der Waals surface area contributed by atoms with Crippen LogP contribution in [0.2, 0.25) is 0 Å². The molecule has 84 valence electrons. The first kappa shape index (κ1) is 10.9. The van der Waals surface area contributed by atoms with Crippen LogP contribution in [-0.4, -0.2) is 20.2 Å². The smallest absolute Gasteiger partial charge is 0.174 e. The molecule has 0 radical (unpaired) electrons. The highest BCUT2D eigenvalue weighted by molar-refractivity contribution is 6.20. The molecule has 4 nitrogen and oxygen atoms in total. The lowest BCUT2D eigenvalue weighted by Gasteiger charge is -2.06. The highest BCUT2D eigenvalue weighted by Gasteiger charge is 2.16. The van der Waals surface area contributed by atoms with E-state index >= 15 is 0 Å². The summed E-state index contributed by atoms with van der Waals surface area (Å²) < 4.78 is 27.3. The topological polar surface area (TPSA) is 43.6 Å². The number of hydrogen-bond donors (Lipinski definition) is 0. The van der Waals surface area contributed by atoms with Crippen LogP contribution in [0.1, 0.15) is 18.1 Å². The fourth-order valence-electron chi connectivity index (χ4n) is 1.27. The molecule has 0 bridgehead atoms. The summed E-state index contributed by atoms with van der Waals surface area (Å²) in [6.45, 7) is 1.66. The van der Waals surface area contributed by atoms with Crippen LogP contribution < -0.4 is 0 Å². The fraction of sp³-hybridized carbons (Fsp3) is 0.222. The Kier molecular flexibility index (Phi) is 2.82. The van der Waals surface area contributed by atoms with Gasteiger partial charge in [0.05, 0.1) is 5.38 Å². The quantitative estimate of drug-likeness (QED) is 0.761. The van der Waals surface area contributed by atoms with Crippen LogP contribution in [-0.2, 0) is 0 Å². The molecule has 16 heavy (non-hydrogen) atoms. The standard InChI is InChI=1S/C9H7ClF2N4/c1-5(10)9-13-14-15-16(9)8-3-2-6(11)4-7(8)12/h2-5H,1H3. The van der Waals surface area contributed by atoms with Gasteiger partial charge in [0.2, 0.25) is 0 Å². The lowest BCUT2D eigenvalue weighted by Crippen LogP contribution is -2.06. The Morgan fingerprint density at radius 2 is 2.12 bits per heavy atom. The first-order valence-electron chi connectivity index (χ1n) is 4.47. The molecule has 0 fully saturated rings. The molecule has 1 aromatic carbocycles. The number of benzene rings is 1. The van der Waals surface area contributed by atoms with Crippen molar-refractivity contribution in [2.75, 3.05) is 0 Å². The Balaban J connectivity index is 2.54. The molecule has 0 saturated heterocycles. The van der Waals surface area contributed by atoms with Gasteiger partial charge in [0.15, 0.2) is 11.6 Å². The third kappa shape index (κ3) is 1.88. The Bertz CT molecular complexity index is 512. The summed E-state index contributed by atoms with van der Waals surface area (Å²) in [4.78, 5) is 0. The van der Waals surface area contributed by atoms with Gasteiger partial charge < -0.3 is 0 Å². The van der Waals surface area contributed by atoms with Crippen molar-refractivity contribution in [3.8, 4) is 5.69 Å². The van der Waals surface area contributed by atoms with E-state index in [2.05, 4.69) is 15.5 Å². The third-order valence-electron chi connectivity index (χ3n) is 1.99. The summed E-state index contributed by atoms with van der Waals surface area (Å²) in [5, 5.41) is 10.2. The number of alkyl halides is 1. The highest BCUT2D eigenvalue weighted by Crippen LogP contribution is 2.21. The average Bonchev–Trinajstić information content (AvgIpc) is 2.66. The molecule has 0 aliphatic heterocycles. The first-order valence-corrected chi connectivity index (χ1v) is 4.91. The van der Waals surface area contributed by atoms with E-state index < -0.39 is 17.0 Å². The number of aromatic nitrogens is 4. The summed E-state index contributed by atoms with van der Waals surface area (Å²) in [5.41, 5.74) is 0.0638. The third-order valence-corrected chi connectivity index (χ3v) is 2.18. The minimum absolute atomic E-state index is 0.0638.